The Morgan fingerprint density at radius 3 is 2.61 bits per heavy atom. The van der Waals surface area contributed by atoms with Gasteiger partial charge in [0.05, 0.1) is 6.54 Å². The second-order valence-electron chi connectivity index (χ2n) is 3.42. The Balaban J connectivity index is 2.23. The van der Waals surface area contributed by atoms with Gasteiger partial charge in [-0.1, -0.05) is 11.6 Å². The molecule has 94 valence electrons. The number of thiazole rings is 1. The SMILES string of the molecule is O=C(O)N(Cc1cnc(Cl)s1)c1ccc(F)cc1. The van der Waals surface area contributed by atoms with Crippen molar-refractivity contribution < 1.29 is 14.3 Å². The molecule has 0 saturated carbocycles. The fourth-order valence-corrected chi connectivity index (χ4v) is 2.37. The summed E-state index contributed by atoms with van der Waals surface area (Å²) >= 11 is 6.89. The van der Waals surface area contributed by atoms with Gasteiger partial charge < -0.3 is 5.11 Å². The van der Waals surface area contributed by atoms with E-state index in [1.54, 1.807) is 0 Å². The minimum atomic E-state index is -1.12. The number of halogens is 2. The molecule has 2 rings (SSSR count). The molecule has 18 heavy (non-hydrogen) atoms. The maximum absolute atomic E-state index is 12.8. The van der Waals surface area contributed by atoms with Crippen LogP contribution in [0.5, 0.6) is 0 Å². The van der Waals surface area contributed by atoms with E-state index in [-0.39, 0.29) is 6.54 Å². The third-order valence-electron chi connectivity index (χ3n) is 2.21. The monoisotopic (exact) mass is 286 g/mol. The third kappa shape index (κ3) is 2.96. The van der Waals surface area contributed by atoms with E-state index in [4.69, 9.17) is 16.7 Å². The summed E-state index contributed by atoms with van der Waals surface area (Å²) in [6.07, 6.45) is 0.401. The topological polar surface area (TPSA) is 53.4 Å². The van der Waals surface area contributed by atoms with Crippen LogP contribution in [-0.4, -0.2) is 16.2 Å². The van der Waals surface area contributed by atoms with Crippen LogP contribution in [0.25, 0.3) is 0 Å². The molecule has 0 radical (unpaired) electrons. The molecule has 0 spiro atoms. The summed E-state index contributed by atoms with van der Waals surface area (Å²) in [5.74, 6) is -0.412. The minimum Gasteiger partial charge on any atom is -0.465 e. The summed E-state index contributed by atoms with van der Waals surface area (Å²) in [6, 6.07) is 5.24. The summed E-state index contributed by atoms with van der Waals surface area (Å²) in [6.45, 7) is 0.130. The highest BCUT2D eigenvalue weighted by Gasteiger charge is 2.16. The molecule has 0 saturated heterocycles. The van der Waals surface area contributed by atoms with Gasteiger partial charge in [0.15, 0.2) is 4.47 Å². The lowest BCUT2D eigenvalue weighted by Gasteiger charge is -2.18. The highest BCUT2D eigenvalue weighted by molar-refractivity contribution is 7.15. The van der Waals surface area contributed by atoms with E-state index >= 15 is 0 Å². The van der Waals surface area contributed by atoms with Crippen LogP contribution in [0.15, 0.2) is 30.5 Å². The van der Waals surface area contributed by atoms with Crippen LogP contribution in [0, 0.1) is 5.82 Å². The fraction of sp³-hybridized carbons (Fsp3) is 0.0909. The van der Waals surface area contributed by atoms with E-state index in [1.807, 2.05) is 0 Å². The molecule has 0 aliphatic carbocycles. The molecule has 7 heteroatoms. The molecule has 0 bridgehead atoms. The number of carbonyl (C=O) groups is 1. The van der Waals surface area contributed by atoms with Crippen molar-refractivity contribution >= 4 is 34.7 Å². The summed E-state index contributed by atoms with van der Waals surface area (Å²) in [4.78, 5) is 16.8. The number of benzene rings is 1. The van der Waals surface area contributed by atoms with Crippen molar-refractivity contribution in [1.82, 2.24) is 4.98 Å². The van der Waals surface area contributed by atoms with Crippen LogP contribution in [0.3, 0.4) is 0 Å². The Bertz CT molecular complexity index is 558. The molecular weight excluding hydrogens is 279 g/mol. The molecule has 4 nitrogen and oxygen atoms in total. The van der Waals surface area contributed by atoms with Crippen LogP contribution >= 0.6 is 22.9 Å². The zero-order valence-electron chi connectivity index (χ0n) is 9.01. The zero-order chi connectivity index (χ0) is 13.1. The molecule has 0 fully saturated rings. The van der Waals surface area contributed by atoms with Gasteiger partial charge in [-0.15, -0.1) is 11.3 Å². The van der Waals surface area contributed by atoms with Crippen molar-refractivity contribution in [2.24, 2.45) is 0 Å². The molecule has 0 aliphatic rings. The smallest absolute Gasteiger partial charge is 0.412 e. The van der Waals surface area contributed by atoms with Crippen LogP contribution < -0.4 is 4.90 Å². The summed E-state index contributed by atoms with van der Waals surface area (Å²) < 4.78 is 13.1. The van der Waals surface area contributed by atoms with Crippen LogP contribution in [-0.2, 0) is 6.54 Å². The number of aromatic nitrogens is 1. The summed E-state index contributed by atoms with van der Waals surface area (Å²) in [5, 5.41) is 9.15. The van der Waals surface area contributed by atoms with E-state index in [2.05, 4.69) is 4.98 Å². The maximum atomic E-state index is 12.8. The molecule has 1 aromatic carbocycles. The second-order valence-corrected chi connectivity index (χ2v) is 5.12. The van der Waals surface area contributed by atoms with Gasteiger partial charge in [0.2, 0.25) is 0 Å². The van der Waals surface area contributed by atoms with Gasteiger partial charge in [0.25, 0.3) is 0 Å². The van der Waals surface area contributed by atoms with Crippen molar-refractivity contribution in [3.8, 4) is 0 Å². The molecule has 1 N–H and O–H groups in total. The molecule has 1 amide bonds. The molecule has 2 aromatic rings. The van der Waals surface area contributed by atoms with E-state index in [9.17, 15) is 9.18 Å². The number of hydrogen-bond acceptors (Lipinski definition) is 3. The first-order chi connectivity index (χ1) is 8.56. The van der Waals surface area contributed by atoms with Crippen molar-refractivity contribution in [3.05, 3.63) is 45.6 Å². The summed E-state index contributed by atoms with van der Waals surface area (Å²) in [5.41, 5.74) is 0.397. The van der Waals surface area contributed by atoms with Gasteiger partial charge in [-0.05, 0) is 24.3 Å². The first kappa shape index (κ1) is 12.8. The van der Waals surface area contributed by atoms with Gasteiger partial charge in [-0.2, -0.15) is 0 Å². The number of hydrogen-bond donors (Lipinski definition) is 1. The average Bonchev–Trinajstić information content (AvgIpc) is 2.73. The number of amides is 1. The highest BCUT2D eigenvalue weighted by Crippen LogP contribution is 2.23. The van der Waals surface area contributed by atoms with Crippen molar-refractivity contribution in [3.63, 3.8) is 0 Å². The lowest BCUT2D eigenvalue weighted by atomic mass is 10.3. The number of anilines is 1. The quantitative estimate of drug-likeness (QED) is 0.937. The second kappa shape index (κ2) is 5.32. The minimum absolute atomic E-state index is 0.130. The van der Waals surface area contributed by atoms with Crippen molar-refractivity contribution in [2.45, 2.75) is 6.54 Å². The predicted molar refractivity (Wildman–Crippen MR) is 67.7 cm³/mol. The Morgan fingerprint density at radius 2 is 2.11 bits per heavy atom. The molecule has 0 aliphatic heterocycles. The average molecular weight is 287 g/mol. The molecule has 0 atom stereocenters. The first-order valence-corrected chi connectivity index (χ1v) is 6.12. The Hall–Kier alpha value is -1.66. The normalized spacial score (nSPS) is 10.3. The molecular formula is C11H8ClFN2O2S. The van der Waals surface area contributed by atoms with E-state index in [0.717, 1.165) is 4.90 Å². The number of carboxylic acid groups (broad SMARTS) is 1. The molecule has 0 unspecified atom stereocenters. The largest absolute Gasteiger partial charge is 0.465 e. The highest BCUT2D eigenvalue weighted by atomic mass is 35.5. The Morgan fingerprint density at radius 1 is 1.44 bits per heavy atom. The van der Waals surface area contributed by atoms with E-state index < -0.39 is 11.9 Å². The van der Waals surface area contributed by atoms with Crippen molar-refractivity contribution in [1.29, 1.82) is 0 Å². The zero-order valence-corrected chi connectivity index (χ0v) is 10.6. The van der Waals surface area contributed by atoms with Crippen LogP contribution in [0.2, 0.25) is 4.47 Å². The van der Waals surface area contributed by atoms with Crippen LogP contribution in [0.4, 0.5) is 14.9 Å². The third-order valence-corrected chi connectivity index (χ3v) is 3.31. The van der Waals surface area contributed by atoms with E-state index in [0.29, 0.717) is 15.0 Å². The van der Waals surface area contributed by atoms with Crippen molar-refractivity contribution in [2.75, 3.05) is 4.90 Å². The van der Waals surface area contributed by atoms with Gasteiger partial charge in [-0.3, -0.25) is 4.90 Å². The Kier molecular flexibility index (Phi) is 3.78. The van der Waals surface area contributed by atoms with E-state index in [1.165, 1.54) is 41.8 Å². The standard InChI is InChI=1S/C11H8ClFN2O2S/c12-10-14-5-9(18-10)6-15(11(16)17)8-3-1-7(13)2-4-8/h1-5H,6H2,(H,16,17). The number of rotatable bonds is 3. The lowest BCUT2D eigenvalue weighted by Crippen LogP contribution is -2.28. The summed E-state index contributed by atoms with van der Waals surface area (Å²) in [7, 11) is 0. The van der Waals surface area contributed by atoms with Gasteiger partial charge in [0, 0.05) is 16.8 Å². The van der Waals surface area contributed by atoms with Crippen LogP contribution in [0.1, 0.15) is 4.88 Å². The van der Waals surface area contributed by atoms with Gasteiger partial charge >= 0.3 is 6.09 Å². The lowest BCUT2D eigenvalue weighted by molar-refractivity contribution is 0.201. The fourth-order valence-electron chi connectivity index (χ4n) is 1.40. The Labute approximate surface area is 111 Å². The number of nitrogens with zero attached hydrogens (tertiary/aromatic N) is 2. The molecule has 1 heterocycles. The van der Waals surface area contributed by atoms with Gasteiger partial charge in [0.1, 0.15) is 5.82 Å². The maximum Gasteiger partial charge on any atom is 0.412 e. The van der Waals surface area contributed by atoms with Gasteiger partial charge in [-0.25, -0.2) is 14.2 Å². The first-order valence-electron chi connectivity index (χ1n) is 4.92. The predicted octanol–water partition coefficient (Wildman–Crippen LogP) is 3.62. The molecule has 1 aromatic heterocycles.